The summed E-state index contributed by atoms with van der Waals surface area (Å²) in [5.41, 5.74) is 2.58. The van der Waals surface area contributed by atoms with Crippen molar-refractivity contribution in [3.8, 4) is 0 Å². The lowest BCUT2D eigenvalue weighted by Gasteiger charge is -2.20. The first-order valence-corrected chi connectivity index (χ1v) is 3.47. The average Bonchev–Trinajstić information content (AvgIpc) is 2.09. The maximum absolute atomic E-state index is 11.0. The van der Waals surface area contributed by atoms with E-state index in [2.05, 4.69) is 5.43 Å². The highest BCUT2D eigenvalue weighted by atomic mass is 16.5. The molecule has 1 rings (SSSR count). The number of aliphatic hydroxyl groups is 2. The molecule has 5 heteroatoms. The number of carbonyl (C=O) groups is 1. The molecule has 0 aromatic carbocycles. The van der Waals surface area contributed by atoms with Gasteiger partial charge in [-0.1, -0.05) is 0 Å². The van der Waals surface area contributed by atoms with Crippen molar-refractivity contribution in [1.29, 1.82) is 0 Å². The molecule has 0 aromatic rings. The van der Waals surface area contributed by atoms with E-state index in [4.69, 9.17) is 10.2 Å². The molecule has 0 aliphatic carbocycles. The van der Waals surface area contributed by atoms with Gasteiger partial charge in [0.2, 0.25) is 0 Å². The van der Waals surface area contributed by atoms with Crippen molar-refractivity contribution >= 4 is 5.91 Å². The first-order valence-electron chi connectivity index (χ1n) is 3.47. The second-order valence-corrected chi connectivity index (χ2v) is 2.92. The standard InChI is InChI=1S/C6H12N2O3/c1-4(2)8-5(9)6(10,11)3-7-8/h4,7,10-11H,3H2,1-2H3. The molecule has 0 atom stereocenters. The van der Waals surface area contributed by atoms with Gasteiger partial charge >= 0.3 is 0 Å². The number of amides is 1. The van der Waals surface area contributed by atoms with E-state index in [0.29, 0.717) is 0 Å². The van der Waals surface area contributed by atoms with Crippen LogP contribution in [0.15, 0.2) is 0 Å². The number of rotatable bonds is 1. The van der Waals surface area contributed by atoms with Crippen molar-refractivity contribution in [1.82, 2.24) is 10.4 Å². The summed E-state index contributed by atoms with van der Waals surface area (Å²) in [6.07, 6.45) is 0. The molecule has 11 heavy (non-hydrogen) atoms. The van der Waals surface area contributed by atoms with Crippen LogP contribution in [0.3, 0.4) is 0 Å². The van der Waals surface area contributed by atoms with Gasteiger partial charge in [0, 0.05) is 6.04 Å². The molecule has 64 valence electrons. The lowest BCUT2D eigenvalue weighted by Crippen LogP contribution is -2.44. The molecule has 1 aliphatic rings. The average molecular weight is 160 g/mol. The molecule has 5 nitrogen and oxygen atoms in total. The SMILES string of the molecule is CC(C)N1NCC(O)(O)C1=O. The Morgan fingerprint density at radius 2 is 2.18 bits per heavy atom. The minimum atomic E-state index is -2.22. The van der Waals surface area contributed by atoms with Crippen LogP contribution in [0.2, 0.25) is 0 Å². The Balaban J connectivity index is 2.71. The lowest BCUT2D eigenvalue weighted by atomic mass is 10.3. The predicted molar refractivity (Wildman–Crippen MR) is 37.2 cm³/mol. The van der Waals surface area contributed by atoms with Crippen molar-refractivity contribution < 1.29 is 15.0 Å². The van der Waals surface area contributed by atoms with Crippen molar-refractivity contribution in [2.24, 2.45) is 0 Å². The maximum atomic E-state index is 11.0. The number of hydrogen-bond acceptors (Lipinski definition) is 4. The molecule has 0 spiro atoms. The van der Waals surface area contributed by atoms with Crippen LogP contribution >= 0.6 is 0 Å². The van der Waals surface area contributed by atoms with Crippen molar-refractivity contribution in [3.05, 3.63) is 0 Å². The minimum absolute atomic E-state index is 0.0660. The molecule has 1 amide bonds. The summed E-state index contributed by atoms with van der Waals surface area (Å²) < 4.78 is 0. The second-order valence-electron chi connectivity index (χ2n) is 2.92. The quantitative estimate of drug-likeness (QED) is 0.405. The number of carbonyl (C=O) groups excluding carboxylic acids is 1. The Hall–Kier alpha value is -0.650. The number of hydrazine groups is 1. The summed E-state index contributed by atoms with van der Waals surface area (Å²) in [5.74, 6) is -2.91. The minimum Gasteiger partial charge on any atom is -0.357 e. The van der Waals surface area contributed by atoms with Gasteiger partial charge in [0.1, 0.15) is 0 Å². The second kappa shape index (κ2) is 2.44. The number of β-amino-alcohol motifs (C(OH)–C–C–N with tert-alkyl or cyclic N) is 2. The van der Waals surface area contributed by atoms with Gasteiger partial charge in [-0.15, -0.1) is 0 Å². The first kappa shape index (κ1) is 8.45. The Morgan fingerprint density at radius 1 is 1.64 bits per heavy atom. The van der Waals surface area contributed by atoms with E-state index in [1.165, 1.54) is 5.01 Å². The van der Waals surface area contributed by atoms with Crippen LogP contribution in [0.5, 0.6) is 0 Å². The van der Waals surface area contributed by atoms with Gasteiger partial charge in [-0.2, -0.15) is 0 Å². The normalized spacial score (nSPS) is 23.4. The van der Waals surface area contributed by atoms with Crippen LogP contribution in [0.4, 0.5) is 0 Å². The molecule has 3 N–H and O–H groups in total. The number of nitrogens with zero attached hydrogens (tertiary/aromatic N) is 1. The topological polar surface area (TPSA) is 72.8 Å². The molecule has 1 aliphatic heterocycles. The molecule has 0 radical (unpaired) electrons. The van der Waals surface area contributed by atoms with Gasteiger partial charge < -0.3 is 10.2 Å². The van der Waals surface area contributed by atoms with Crippen LogP contribution in [-0.4, -0.2) is 39.5 Å². The monoisotopic (exact) mass is 160 g/mol. The van der Waals surface area contributed by atoms with Gasteiger partial charge in [-0.25, -0.2) is 5.43 Å². The Labute approximate surface area is 64.6 Å². The van der Waals surface area contributed by atoms with E-state index >= 15 is 0 Å². The highest BCUT2D eigenvalue weighted by molar-refractivity contribution is 5.85. The summed E-state index contributed by atoms with van der Waals surface area (Å²) in [4.78, 5) is 11.0. The fraction of sp³-hybridized carbons (Fsp3) is 0.833. The summed E-state index contributed by atoms with van der Waals surface area (Å²) in [7, 11) is 0. The Morgan fingerprint density at radius 3 is 2.36 bits per heavy atom. The van der Waals surface area contributed by atoms with Gasteiger partial charge in [-0.3, -0.25) is 9.80 Å². The maximum Gasteiger partial charge on any atom is 0.298 e. The van der Waals surface area contributed by atoms with E-state index in [9.17, 15) is 4.79 Å². The number of nitrogens with one attached hydrogen (secondary N) is 1. The molecule has 0 bridgehead atoms. The van der Waals surface area contributed by atoms with E-state index in [-0.39, 0.29) is 12.6 Å². The highest BCUT2D eigenvalue weighted by Crippen LogP contribution is 2.12. The number of hydrogen-bond donors (Lipinski definition) is 3. The van der Waals surface area contributed by atoms with Gasteiger partial charge in [-0.05, 0) is 13.8 Å². The fourth-order valence-corrected chi connectivity index (χ4v) is 0.953. The Kier molecular flexibility index (Phi) is 1.87. The largest absolute Gasteiger partial charge is 0.357 e. The van der Waals surface area contributed by atoms with Crippen LogP contribution < -0.4 is 5.43 Å². The van der Waals surface area contributed by atoms with Crippen LogP contribution in [-0.2, 0) is 4.79 Å². The van der Waals surface area contributed by atoms with Crippen LogP contribution in [0.25, 0.3) is 0 Å². The summed E-state index contributed by atoms with van der Waals surface area (Å²) in [6.45, 7) is 3.43. The first-order chi connectivity index (χ1) is 4.95. The van der Waals surface area contributed by atoms with Gasteiger partial charge in [0.25, 0.3) is 11.7 Å². The third-order valence-corrected chi connectivity index (χ3v) is 1.57. The molecule has 1 fully saturated rings. The third kappa shape index (κ3) is 1.35. The van der Waals surface area contributed by atoms with Gasteiger partial charge in [0.15, 0.2) is 0 Å². The summed E-state index contributed by atoms with van der Waals surface area (Å²) in [6, 6.07) is -0.0660. The molecule has 0 unspecified atom stereocenters. The molecule has 0 aromatic heterocycles. The summed E-state index contributed by atoms with van der Waals surface area (Å²) in [5, 5.41) is 19.2. The smallest absolute Gasteiger partial charge is 0.298 e. The zero-order valence-electron chi connectivity index (χ0n) is 6.53. The zero-order valence-corrected chi connectivity index (χ0v) is 6.53. The van der Waals surface area contributed by atoms with Crippen molar-refractivity contribution in [3.63, 3.8) is 0 Å². The molecular formula is C6H12N2O3. The molecule has 1 saturated heterocycles. The third-order valence-electron chi connectivity index (χ3n) is 1.57. The zero-order chi connectivity index (χ0) is 8.65. The highest BCUT2D eigenvalue weighted by Gasteiger charge is 2.44. The van der Waals surface area contributed by atoms with Gasteiger partial charge in [0.05, 0.1) is 6.54 Å². The fourth-order valence-electron chi connectivity index (χ4n) is 0.953. The molecular weight excluding hydrogens is 148 g/mol. The van der Waals surface area contributed by atoms with Crippen molar-refractivity contribution in [2.45, 2.75) is 25.7 Å². The lowest BCUT2D eigenvalue weighted by molar-refractivity contribution is -0.179. The molecule has 0 saturated carbocycles. The summed E-state index contributed by atoms with van der Waals surface area (Å²) >= 11 is 0. The van der Waals surface area contributed by atoms with Crippen LogP contribution in [0.1, 0.15) is 13.8 Å². The van der Waals surface area contributed by atoms with Crippen LogP contribution in [0, 0.1) is 0 Å². The van der Waals surface area contributed by atoms with E-state index in [0.717, 1.165) is 0 Å². The van der Waals surface area contributed by atoms with E-state index in [1.807, 2.05) is 0 Å². The van der Waals surface area contributed by atoms with E-state index in [1.54, 1.807) is 13.8 Å². The van der Waals surface area contributed by atoms with Crippen molar-refractivity contribution in [2.75, 3.05) is 6.54 Å². The molecule has 1 heterocycles. The Bertz CT molecular complexity index is 179. The van der Waals surface area contributed by atoms with E-state index < -0.39 is 11.7 Å². The predicted octanol–water partition coefficient (Wildman–Crippen LogP) is -1.58.